The predicted molar refractivity (Wildman–Crippen MR) is 22.1 cm³/mol. The van der Waals surface area contributed by atoms with Crippen molar-refractivity contribution in [1.29, 1.82) is 0 Å². The van der Waals surface area contributed by atoms with Gasteiger partial charge in [0, 0.05) is 0 Å². The second kappa shape index (κ2) is 5.58. The van der Waals surface area contributed by atoms with E-state index in [-0.39, 0.29) is 0 Å². The van der Waals surface area contributed by atoms with Crippen LogP contribution in [-0.2, 0) is 30.2 Å². The van der Waals surface area contributed by atoms with Gasteiger partial charge in [-0.3, -0.25) is 0 Å². The molecule has 30 valence electrons. The normalized spacial score (nSPS) is 9.17. The van der Waals surface area contributed by atoms with Crippen LogP contribution in [0.4, 0.5) is 0 Å². The van der Waals surface area contributed by atoms with Crippen LogP contribution in [0.15, 0.2) is 12.2 Å². The summed E-state index contributed by atoms with van der Waals surface area (Å²) < 4.78 is 2.94. The Balaban J connectivity index is 3.02. The first kappa shape index (κ1) is 6.58. The van der Waals surface area contributed by atoms with Crippen LogP contribution in [0.5, 0.6) is 0 Å². The molecule has 0 aromatic rings. The van der Waals surface area contributed by atoms with E-state index in [0.29, 0.717) is 6.54 Å². The summed E-state index contributed by atoms with van der Waals surface area (Å²) in [6.45, 7) is 0.633. The van der Waals surface area contributed by atoms with Crippen molar-refractivity contribution in [2.45, 2.75) is 0 Å². The number of rotatable bonds is 1. The summed E-state index contributed by atoms with van der Waals surface area (Å²) in [7, 11) is 0. The van der Waals surface area contributed by atoms with Crippen LogP contribution in [0.3, 0.4) is 0 Å². The summed E-state index contributed by atoms with van der Waals surface area (Å²) in [5, 5.41) is 0. The van der Waals surface area contributed by atoms with E-state index in [1.54, 1.807) is 0 Å². The molecule has 0 saturated carbocycles. The van der Waals surface area contributed by atoms with E-state index in [1.807, 2.05) is 12.2 Å². The molecule has 2 N–H and O–H groups in total. The monoisotopic (exact) mass is 157 g/mol. The van der Waals surface area contributed by atoms with Gasteiger partial charge in [0.05, 0.1) is 0 Å². The van der Waals surface area contributed by atoms with Crippen molar-refractivity contribution >= 4 is 0 Å². The van der Waals surface area contributed by atoms with E-state index in [0.717, 1.165) is 30.2 Å². The summed E-state index contributed by atoms with van der Waals surface area (Å²) in [5.41, 5.74) is 5.10. The van der Waals surface area contributed by atoms with Gasteiger partial charge in [-0.25, -0.2) is 0 Å². The summed E-state index contributed by atoms with van der Waals surface area (Å²) in [6, 6.07) is 0. The topological polar surface area (TPSA) is 26.0 Å². The van der Waals surface area contributed by atoms with Gasteiger partial charge >= 0.3 is 57.3 Å². The maximum absolute atomic E-state index is 5.10. The molecular weight excluding hydrogens is 151 g/mol. The average Bonchev–Trinajstić information content (AvgIpc) is 1.61. The molecule has 2 heteroatoms. The number of allylic oxidation sites excluding steroid dienone is 1. The van der Waals surface area contributed by atoms with Gasteiger partial charge in [-0.15, -0.1) is 0 Å². The molecule has 0 atom stereocenters. The van der Waals surface area contributed by atoms with Crippen molar-refractivity contribution in [3.05, 3.63) is 12.2 Å². The SMILES string of the molecule is NC/C=C/[C]#[Y]. The van der Waals surface area contributed by atoms with E-state index in [9.17, 15) is 0 Å². The first-order valence-corrected chi connectivity index (χ1v) is 3.15. The van der Waals surface area contributed by atoms with Crippen LogP contribution in [0.2, 0.25) is 0 Å². The van der Waals surface area contributed by atoms with Crippen molar-refractivity contribution in [2.75, 3.05) is 6.54 Å². The van der Waals surface area contributed by atoms with Gasteiger partial charge in [-0.2, -0.15) is 0 Å². The van der Waals surface area contributed by atoms with Crippen LogP contribution in [-0.4, -0.2) is 6.54 Å². The number of nitrogens with two attached hydrogens (primary N) is 1. The minimum atomic E-state index is 0.633. The third-order valence-corrected chi connectivity index (χ3v) is 0.823. The van der Waals surface area contributed by atoms with Gasteiger partial charge in [0.1, 0.15) is 0 Å². The van der Waals surface area contributed by atoms with Crippen molar-refractivity contribution in [1.82, 2.24) is 0 Å². The molecule has 0 radical (unpaired) electrons. The molecule has 0 aliphatic carbocycles. The van der Waals surface area contributed by atoms with Gasteiger partial charge < -0.3 is 0 Å². The van der Waals surface area contributed by atoms with Gasteiger partial charge in [-0.05, 0) is 0 Å². The Labute approximate surface area is 57.1 Å². The summed E-state index contributed by atoms with van der Waals surface area (Å²) in [6.07, 6.45) is 3.74. The van der Waals surface area contributed by atoms with E-state index < -0.39 is 0 Å². The third-order valence-electron chi connectivity index (χ3n) is 0.350. The van der Waals surface area contributed by atoms with E-state index in [4.69, 9.17) is 5.73 Å². The summed E-state index contributed by atoms with van der Waals surface area (Å²) in [4.78, 5) is 0. The Hall–Kier alpha value is 0.584. The zero-order valence-corrected chi connectivity index (χ0v) is 6.35. The van der Waals surface area contributed by atoms with E-state index >= 15 is 0 Å². The van der Waals surface area contributed by atoms with Crippen molar-refractivity contribution in [3.63, 3.8) is 0 Å². The van der Waals surface area contributed by atoms with Gasteiger partial charge in [-0.1, -0.05) is 0 Å². The van der Waals surface area contributed by atoms with Gasteiger partial charge in [0.25, 0.3) is 0 Å². The first-order valence-electron chi connectivity index (χ1n) is 1.73. The minimum absolute atomic E-state index is 0.633. The zero-order chi connectivity index (χ0) is 4.83. The van der Waals surface area contributed by atoms with Crippen LogP contribution in [0.1, 0.15) is 0 Å². The molecule has 0 fully saturated rings. The van der Waals surface area contributed by atoms with Crippen molar-refractivity contribution in [3.8, 4) is 2.59 Å². The molecule has 0 bridgehead atoms. The fraction of sp³-hybridized carbons (Fsp3) is 0.250. The molecule has 0 heterocycles. The maximum atomic E-state index is 5.10. The van der Waals surface area contributed by atoms with Crippen LogP contribution >= 0.6 is 0 Å². The second-order valence-electron chi connectivity index (χ2n) is 0.805. The molecule has 0 aliphatic heterocycles. The fourth-order valence-electron chi connectivity index (χ4n) is 0.136. The molecular formula is C4H6NY. The quantitative estimate of drug-likeness (QED) is 0.569. The standard InChI is InChI=1S/C4H6N.Y/c1-2-3-4-5;/h2-3H,4-5H2;/b3-2+;. The Morgan fingerprint density at radius 1 is 1.83 bits per heavy atom. The Morgan fingerprint density at radius 3 is 2.67 bits per heavy atom. The van der Waals surface area contributed by atoms with Gasteiger partial charge in [0.15, 0.2) is 0 Å². The molecule has 0 saturated heterocycles. The molecule has 1 nitrogen and oxygen atoms in total. The Kier molecular flexibility index (Phi) is 6.13. The number of hydrogen-bond donors (Lipinski definition) is 1. The molecule has 0 spiro atoms. The molecule has 0 unspecified atom stereocenters. The Bertz CT molecular complexity index is 80.0. The zero-order valence-electron chi connectivity index (χ0n) is 3.52. The van der Waals surface area contributed by atoms with Crippen LogP contribution in [0, 0.1) is 2.59 Å². The van der Waals surface area contributed by atoms with Crippen molar-refractivity contribution < 1.29 is 30.2 Å². The second-order valence-corrected chi connectivity index (χ2v) is 1.62. The van der Waals surface area contributed by atoms with E-state index in [2.05, 4.69) is 2.59 Å². The molecule has 0 amide bonds. The molecule has 0 aromatic heterocycles. The molecule has 0 aromatic carbocycles. The summed E-state index contributed by atoms with van der Waals surface area (Å²) >= 11 is 1.06. The summed E-state index contributed by atoms with van der Waals surface area (Å²) in [5.74, 6) is 0. The number of hydrogen-bond acceptors (Lipinski definition) is 1. The van der Waals surface area contributed by atoms with E-state index in [1.165, 1.54) is 0 Å². The van der Waals surface area contributed by atoms with Crippen molar-refractivity contribution in [2.24, 2.45) is 5.73 Å². The first-order chi connectivity index (χ1) is 2.91. The van der Waals surface area contributed by atoms with Crippen LogP contribution < -0.4 is 5.73 Å². The molecule has 0 rings (SSSR count). The van der Waals surface area contributed by atoms with Gasteiger partial charge in [0.2, 0.25) is 0 Å². The molecule has 0 aliphatic rings. The third kappa shape index (κ3) is 4.58. The fourth-order valence-corrected chi connectivity index (χ4v) is 0.471. The Morgan fingerprint density at radius 2 is 2.50 bits per heavy atom. The molecule has 6 heavy (non-hydrogen) atoms. The van der Waals surface area contributed by atoms with Crippen LogP contribution in [0.25, 0.3) is 0 Å². The predicted octanol–water partition coefficient (Wildman–Crippen LogP) is 0.00730. The average molecular weight is 157 g/mol.